The van der Waals surface area contributed by atoms with Crippen LogP contribution < -0.4 is 10.1 Å². The second-order valence-corrected chi connectivity index (χ2v) is 7.25. The molecular weight excluding hydrogens is 342 g/mol. The van der Waals surface area contributed by atoms with Crippen LogP contribution in [0.25, 0.3) is 0 Å². The average molecular weight is 364 g/mol. The van der Waals surface area contributed by atoms with Crippen molar-refractivity contribution in [3.8, 4) is 5.75 Å². The Morgan fingerprint density at radius 2 is 1.79 bits per heavy atom. The standard InChI is InChI=1S/C19H22ClNO2S/c1-14(2)23-17-9-7-16(8-10-17)21-19(22)4-3-13-24-18-11-5-15(20)6-12-18/h5-12,14H,3-4,13H2,1-2H3,(H,21,22). The van der Waals surface area contributed by atoms with Crippen LogP contribution in [-0.4, -0.2) is 17.8 Å². The van der Waals surface area contributed by atoms with E-state index in [1.54, 1.807) is 11.8 Å². The molecule has 0 saturated heterocycles. The largest absolute Gasteiger partial charge is 0.491 e. The molecular formula is C19H22ClNO2S. The third-order valence-electron chi connectivity index (χ3n) is 3.14. The number of amides is 1. The molecule has 0 aliphatic heterocycles. The van der Waals surface area contributed by atoms with E-state index in [4.69, 9.17) is 16.3 Å². The van der Waals surface area contributed by atoms with E-state index in [2.05, 4.69) is 5.32 Å². The summed E-state index contributed by atoms with van der Waals surface area (Å²) in [6.45, 7) is 3.97. The van der Waals surface area contributed by atoms with Crippen molar-refractivity contribution in [3.05, 3.63) is 53.6 Å². The molecule has 0 saturated carbocycles. The Balaban J connectivity index is 1.68. The predicted octanol–water partition coefficient (Wildman–Crippen LogP) is 5.64. The zero-order valence-corrected chi connectivity index (χ0v) is 15.5. The van der Waals surface area contributed by atoms with Crippen LogP contribution in [0.2, 0.25) is 5.02 Å². The number of thioether (sulfide) groups is 1. The van der Waals surface area contributed by atoms with E-state index >= 15 is 0 Å². The molecule has 0 aliphatic carbocycles. The molecule has 1 N–H and O–H groups in total. The van der Waals surface area contributed by atoms with Gasteiger partial charge in [0.2, 0.25) is 5.91 Å². The fourth-order valence-electron chi connectivity index (χ4n) is 2.07. The lowest BCUT2D eigenvalue weighted by atomic mass is 10.2. The summed E-state index contributed by atoms with van der Waals surface area (Å²) >= 11 is 7.59. The summed E-state index contributed by atoms with van der Waals surface area (Å²) in [4.78, 5) is 13.1. The van der Waals surface area contributed by atoms with Crippen LogP contribution in [0.3, 0.4) is 0 Å². The zero-order chi connectivity index (χ0) is 17.4. The molecule has 0 aromatic heterocycles. The number of nitrogens with one attached hydrogen (secondary N) is 1. The molecule has 2 rings (SSSR count). The van der Waals surface area contributed by atoms with Gasteiger partial charge in [0.15, 0.2) is 0 Å². The lowest BCUT2D eigenvalue weighted by Gasteiger charge is -2.10. The van der Waals surface area contributed by atoms with Crippen molar-refractivity contribution in [2.24, 2.45) is 0 Å². The average Bonchev–Trinajstić information content (AvgIpc) is 2.55. The summed E-state index contributed by atoms with van der Waals surface area (Å²) in [7, 11) is 0. The Bertz CT molecular complexity index is 641. The van der Waals surface area contributed by atoms with Gasteiger partial charge in [-0.25, -0.2) is 0 Å². The molecule has 2 aromatic rings. The van der Waals surface area contributed by atoms with Gasteiger partial charge < -0.3 is 10.1 Å². The topological polar surface area (TPSA) is 38.3 Å². The molecule has 0 spiro atoms. The van der Waals surface area contributed by atoms with Gasteiger partial charge in [-0.3, -0.25) is 4.79 Å². The number of rotatable bonds is 8. The first-order valence-electron chi connectivity index (χ1n) is 7.98. The highest BCUT2D eigenvalue weighted by atomic mass is 35.5. The predicted molar refractivity (Wildman–Crippen MR) is 102 cm³/mol. The molecule has 2 aromatic carbocycles. The van der Waals surface area contributed by atoms with Crippen molar-refractivity contribution in [3.63, 3.8) is 0 Å². The first-order chi connectivity index (χ1) is 11.5. The second-order valence-electron chi connectivity index (χ2n) is 5.65. The maximum atomic E-state index is 12.0. The zero-order valence-electron chi connectivity index (χ0n) is 13.9. The fraction of sp³-hybridized carbons (Fsp3) is 0.316. The van der Waals surface area contributed by atoms with Gasteiger partial charge in [0.25, 0.3) is 0 Å². The molecule has 3 nitrogen and oxygen atoms in total. The van der Waals surface area contributed by atoms with Crippen LogP contribution in [0.5, 0.6) is 5.75 Å². The summed E-state index contributed by atoms with van der Waals surface area (Å²) in [5.41, 5.74) is 0.793. The van der Waals surface area contributed by atoms with Crippen molar-refractivity contribution in [2.75, 3.05) is 11.1 Å². The number of anilines is 1. The van der Waals surface area contributed by atoms with E-state index in [1.165, 1.54) is 4.90 Å². The van der Waals surface area contributed by atoms with Crippen molar-refractivity contribution in [2.45, 2.75) is 37.7 Å². The number of hydrogen-bond acceptors (Lipinski definition) is 3. The normalized spacial score (nSPS) is 10.7. The fourth-order valence-corrected chi connectivity index (χ4v) is 3.04. The lowest BCUT2D eigenvalue weighted by Crippen LogP contribution is -2.11. The summed E-state index contributed by atoms with van der Waals surface area (Å²) < 4.78 is 5.58. The highest BCUT2D eigenvalue weighted by Gasteiger charge is 2.04. The van der Waals surface area contributed by atoms with Gasteiger partial charge in [0, 0.05) is 22.0 Å². The number of ether oxygens (including phenoxy) is 1. The minimum Gasteiger partial charge on any atom is -0.491 e. The van der Waals surface area contributed by atoms with Crippen LogP contribution in [0.15, 0.2) is 53.4 Å². The quantitative estimate of drug-likeness (QED) is 0.487. The molecule has 0 bridgehead atoms. The Labute approximate surface area is 152 Å². The highest BCUT2D eigenvalue weighted by Crippen LogP contribution is 2.22. The second kappa shape index (κ2) is 9.60. The maximum absolute atomic E-state index is 12.0. The van der Waals surface area contributed by atoms with Crippen molar-refractivity contribution in [1.29, 1.82) is 0 Å². The first kappa shape index (κ1) is 18.7. The molecule has 5 heteroatoms. The first-order valence-corrected chi connectivity index (χ1v) is 9.34. The van der Waals surface area contributed by atoms with Gasteiger partial charge in [-0.2, -0.15) is 0 Å². The van der Waals surface area contributed by atoms with E-state index in [0.717, 1.165) is 28.6 Å². The Morgan fingerprint density at radius 1 is 1.12 bits per heavy atom. The molecule has 24 heavy (non-hydrogen) atoms. The van der Waals surface area contributed by atoms with Crippen LogP contribution in [0, 0.1) is 0 Å². The Hall–Kier alpha value is -1.65. The molecule has 0 aliphatic rings. The van der Waals surface area contributed by atoms with Crippen LogP contribution in [-0.2, 0) is 4.79 Å². The van der Waals surface area contributed by atoms with Gasteiger partial charge >= 0.3 is 0 Å². The van der Waals surface area contributed by atoms with Gasteiger partial charge in [-0.05, 0) is 74.6 Å². The van der Waals surface area contributed by atoms with Gasteiger partial charge in [-0.1, -0.05) is 11.6 Å². The van der Waals surface area contributed by atoms with Crippen molar-refractivity contribution >= 4 is 35.0 Å². The number of carbonyl (C=O) groups is 1. The Kier molecular flexibility index (Phi) is 7.47. The molecule has 1 amide bonds. The van der Waals surface area contributed by atoms with E-state index in [0.29, 0.717) is 6.42 Å². The molecule has 0 radical (unpaired) electrons. The summed E-state index contributed by atoms with van der Waals surface area (Å²) in [6, 6.07) is 15.2. The molecule has 0 atom stereocenters. The molecule has 128 valence electrons. The molecule has 0 unspecified atom stereocenters. The number of carbonyl (C=O) groups excluding carboxylic acids is 1. The van der Waals surface area contributed by atoms with Crippen LogP contribution in [0.4, 0.5) is 5.69 Å². The smallest absolute Gasteiger partial charge is 0.224 e. The Morgan fingerprint density at radius 3 is 2.42 bits per heavy atom. The minimum atomic E-state index is 0.0317. The van der Waals surface area contributed by atoms with E-state index in [1.807, 2.05) is 62.4 Å². The van der Waals surface area contributed by atoms with Crippen LogP contribution in [0.1, 0.15) is 26.7 Å². The summed E-state index contributed by atoms with van der Waals surface area (Å²) in [6.07, 6.45) is 1.47. The number of halogens is 1. The monoisotopic (exact) mass is 363 g/mol. The SMILES string of the molecule is CC(C)Oc1ccc(NC(=O)CCCSc2ccc(Cl)cc2)cc1. The van der Waals surface area contributed by atoms with Gasteiger partial charge in [0.1, 0.15) is 5.75 Å². The third kappa shape index (κ3) is 6.85. The minimum absolute atomic E-state index is 0.0317. The van der Waals surface area contributed by atoms with Crippen molar-refractivity contribution < 1.29 is 9.53 Å². The van der Waals surface area contributed by atoms with E-state index < -0.39 is 0 Å². The lowest BCUT2D eigenvalue weighted by molar-refractivity contribution is -0.116. The third-order valence-corrected chi connectivity index (χ3v) is 4.49. The summed E-state index contributed by atoms with van der Waals surface area (Å²) in [5, 5.41) is 3.65. The van der Waals surface area contributed by atoms with Gasteiger partial charge in [0.05, 0.1) is 6.10 Å². The number of benzene rings is 2. The van der Waals surface area contributed by atoms with E-state index in [-0.39, 0.29) is 12.0 Å². The molecule has 0 fully saturated rings. The molecule has 0 heterocycles. The van der Waals surface area contributed by atoms with Crippen molar-refractivity contribution in [1.82, 2.24) is 0 Å². The van der Waals surface area contributed by atoms with E-state index in [9.17, 15) is 4.79 Å². The number of hydrogen-bond donors (Lipinski definition) is 1. The highest BCUT2D eigenvalue weighted by molar-refractivity contribution is 7.99. The maximum Gasteiger partial charge on any atom is 0.224 e. The summed E-state index contributed by atoms with van der Waals surface area (Å²) in [5.74, 6) is 1.74. The van der Waals surface area contributed by atoms with Crippen LogP contribution >= 0.6 is 23.4 Å². The van der Waals surface area contributed by atoms with Gasteiger partial charge in [-0.15, -0.1) is 11.8 Å².